The maximum Gasteiger partial charge on any atom is 0.0682 e. The van der Waals surface area contributed by atoms with Crippen LogP contribution in [-0.2, 0) is 0 Å². The van der Waals surface area contributed by atoms with E-state index in [1.54, 1.807) is 0 Å². The van der Waals surface area contributed by atoms with E-state index < -0.39 is 0 Å². The van der Waals surface area contributed by atoms with Gasteiger partial charge in [0.25, 0.3) is 0 Å². The molecule has 11 heavy (non-hydrogen) atoms. The lowest BCUT2D eigenvalue weighted by molar-refractivity contribution is 0.109. The molecule has 1 N–H and O–H groups in total. The van der Waals surface area contributed by atoms with Gasteiger partial charge in [0, 0.05) is 18.1 Å². The van der Waals surface area contributed by atoms with Gasteiger partial charge in [-0.15, -0.1) is 0 Å². The average Bonchev–Trinajstić information content (AvgIpc) is 2.08. The zero-order chi connectivity index (χ0) is 8.65. The SMILES string of the molecule is C[C@@H]1C[C@H](O)CN1C(C)(C)C. The molecule has 1 saturated heterocycles. The molecule has 1 aliphatic heterocycles. The van der Waals surface area contributed by atoms with Crippen molar-refractivity contribution in [3.63, 3.8) is 0 Å². The van der Waals surface area contributed by atoms with Gasteiger partial charge in [-0.3, -0.25) is 4.90 Å². The van der Waals surface area contributed by atoms with Gasteiger partial charge in [0.2, 0.25) is 0 Å². The van der Waals surface area contributed by atoms with Crippen molar-refractivity contribution in [3.8, 4) is 0 Å². The largest absolute Gasteiger partial charge is 0.392 e. The molecule has 0 amide bonds. The summed E-state index contributed by atoms with van der Waals surface area (Å²) in [5.41, 5.74) is 0.205. The highest BCUT2D eigenvalue weighted by Gasteiger charge is 2.34. The Labute approximate surface area is 69.2 Å². The van der Waals surface area contributed by atoms with Crippen LogP contribution >= 0.6 is 0 Å². The van der Waals surface area contributed by atoms with E-state index in [9.17, 15) is 5.11 Å². The van der Waals surface area contributed by atoms with Gasteiger partial charge >= 0.3 is 0 Å². The molecular weight excluding hydrogens is 138 g/mol. The van der Waals surface area contributed by atoms with Crippen LogP contribution in [0.15, 0.2) is 0 Å². The Morgan fingerprint density at radius 3 is 2.09 bits per heavy atom. The molecule has 0 aromatic heterocycles. The predicted octanol–water partition coefficient (Wildman–Crippen LogP) is 1.24. The Morgan fingerprint density at radius 2 is 1.91 bits per heavy atom. The molecule has 1 aliphatic rings. The van der Waals surface area contributed by atoms with Crippen LogP contribution in [0.3, 0.4) is 0 Å². The molecule has 66 valence electrons. The highest BCUT2D eigenvalue weighted by molar-refractivity contribution is 4.89. The van der Waals surface area contributed by atoms with E-state index in [2.05, 4.69) is 32.6 Å². The van der Waals surface area contributed by atoms with Crippen molar-refractivity contribution in [1.29, 1.82) is 0 Å². The van der Waals surface area contributed by atoms with Crippen molar-refractivity contribution in [2.24, 2.45) is 0 Å². The number of rotatable bonds is 0. The van der Waals surface area contributed by atoms with Gasteiger partial charge in [0.15, 0.2) is 0 Å². The first kappa shape index (κ1) is 9.01. The molecule has 1 heterocycles. The van der Waals surface area contributed by atoms with E-state index in [-0.39, 0.29) is 11.6 Å². The molecule has 0 saturated carbocycles. The number of β-amino-alcohol motifs (C(OH)–C–C–N with tert-alkyl or cyclic N) is 1. The molecule has 0 radical (unpaired) electrons. The van der Waals surface area contributed by atoms with Gasteiger partial charge in [0.05, 0.1) is 6.10 Å². The Kier molecular flexibility index (Phi) is 2.26. The van der Waals surface area contributed by atoms with Crippen LogP contribution in [0.5, 0.6) is 0 Å². The van der Waals surface area contributed by atoms with E-state index in [1.165, 1.54) is 0 Å². The Balaban J connectivity index is 2.60. The van der Waals surface area contributed by atoms with E-state index in [0.29, 0.717) is 6.04 Å². The second-order valence-electron chi connectivity index (χ2n) is 4.56. The van der Waals surface area contributed by atoms with Gasteiger partial charge in [-0.1, -0.05) is 0 Å². The minimum absolute atomic E-state index is 0.107. The highest BCUT2D eigenvalue weighted by atomic mass is 16.3. The minimum Gasteiger partial charge on any atom is -0.392 e. The van der Waals surface area contributed by atoms with E-state index in [4.69, 9.17) is 0 Å². The van der Waals surface area contributed by atoms with E-state index in [1.807, 2.05) is 0 Å². The van der Waals surface area contributed by atoms with Gasteiger partial charge in [0.1, 0.15) is 0 Å². The molecule has 2 atom stereocenters. The van der Waals surface area contributed by atoms with Gasteiger partial charge in [-0.05, 0) is 34.1 Å². The number of nitrogens with zero attached hydrogens (tertiary/aromatic N) is 1. The van der Waals surface area contributed by atoms with Crippen LogP contribution in [0.25, 0.3) is 0 Å². The number of hydrogen-bond donors (Lipinski definition) is 1. The molecule has 0 aromatic rings. The third-order valence-corrected chi connectivity index (χ3v) is 2.41. The topological polar surface area (TPSA) is 23.5 Å². The third kappa shape index (κ3) is 1.94. The van der Waals surface area contributed by atoms with Crippen LogP contribution < -0.4 is 0 Å². The minimum atomic E-state index is -0.107. The summed E-state index contributed by atoms with van der Waals surface area (Å²) in [5, 5.41) is 9.39. The van der Waals surface area contributed by atoms with E-state index in [0.717, 1.165) is 13.0 Å². The van der Waals surface area contributed by atoms with Gasteiger partial charge < -0.3 is 5.11 Å². The first-order valence-corrected chi connectivity index (χ1v) is 4.36. The summed E-state index contributed by atoms with van der Waals surface area (Å²) in [6.07, 6.45) is 0.821. The molecule has 0 unspecified atom stereocenters. The molecule has 2 nitrogen and oxygen atoms in total. The van der Waals surface area contributed by atoms with Crippen molar-refractivity contribution < 1.29 is 5.11 Å². The lowest BCUT2D eigenvalue weighted by Gasteiger charge is -2.35. The van der Waals surface area contributed by atoms with Crippen LogP contribution in [0, 0.1) is 0 Å². The summed E-state index contributed by atoms with van der Waals surface area (Å²) >= 11 is 0. The lowest BCUT2D eigenvalue weighted by atomic mass is 10.1. The third-order valence-electron chi connectivity index (χ3n) is 2.41. The maximum atomic E-state index is 9.39. The van der Waals surface area contributed by atoms with Crippen molar-refractivity contribution in [1.82, 2.24) is 4.90 Å². The predicted molar refractivity (Wildman–Crippen MR) is 46.5 cm³/mol. The fourth-order valence-corrected chi connectivity index (χ4v) is 1.94. The normalized spacial score (nSPS) is 34.6. The lowest BCUT2D eigenvalue weighted by Crippen LogP contribution is -2.43. The Hall–Kier alpha value is -0.0800. The van der Waals surface area contributed by atoms with Crippen molar-refractivity contribution >= 4 is 0 Å². The number of aliphatic hydroxyl groups is 1. The molecule has 0 spiro atoms. The van der Waals surface area contributed by atoms with Crippen LogP contribution in [-0.4, -0.2) is 34.2 Å². The number of aliphatic hydroxyl groups excluding tert-OH is 1. The Morgan fingerprint density at radius 1 is 1.36 bits per heavy atom. The summed E-state index contributed by atoms with van der Waals surface area (Å²) in [4.78, 5) is 2.36. The Bertz CT molecular complexity index is 139. The fraction of sp³-hybridized carbons (Fsp3) is 1.00. The summed E-state index contributed by atoms with van der Waals surface area (Å²) in [6.45, 7) is 9.61. The quantitative estimate of drug-likeness (QED) is 0.572. The van der Waals surface area contributed by atoms with E-state index >= 15 is 0 Å². The van der Waals surface area contributed by atoms with Crippen molar-refractivity contribution in [3.05, 3.63) is 0 Å². The number of hydrogen-bond acceptors (Lipinski definition) is 2. The zero-order valence-electron chi connectivity index (χ0n) is 7.96. The number of likely N-dealkylation sites (tertiary alicyclic amines) is 1. The average molecular weight is 157 g/mol. The molecule has 1 rings (SSSR count). The first-order chi connectivity index (χ1) is 4.91. The summed E-state index contributed by atoms with van der Waals surface area (Å²) in [7, 11) is 0. The van der Waals surface area contributed by atoms with Gasteiger partial charge in [-0.2, -0.15) is 0 Å². The zero-order valence-corrected chi connectivity index (χ0v) is 7.96. The highest BCUT2D eigenvalue weighted by Crippen LogP contribution is 2.25. The second kappa shape index (κ2) is 2.76. The maximum absolute atomic E-state index is 9.39. The monoisotopic (exact) mass is 157 g/mol. The summed E-state index contributed by atoms with van der Waals surface area (Å²) in [5.74, 6) is 0. The molecule has 0 bridgehead atoms. The molecule has 0 aliphatic carbocycles. The van der Waals surface area contributed by atoms with Crippen molar-refractivity contribution in [2.45, 2.75) is 51.8 Å². The molecule has 2 heteroatoms. The van der Waals surface area contributed by atoms with Crippen LogP contribution in [0.1, 0.15) is 34.1 Å². The smallest absolute Gasteiger partial charge is 0.0682 e. The first-order valence-electron chi connectivity index (χ1n) is 4.36. The van der Waals surface area contributed by atoms with Crippen LogP contribution in [0.2, 0.25) is 0 Å². The standard InChI is InChI=1S/C9H19NO/c1-7-5-8(11)6-10(7)9(2,3)4/h7-8,11H,5-6H2,1-4H3/t7-,8+/m1/s1. The fourth-order valence-electron chi connectivity index (χ4n) is 1.94. The van der Waals surface area contributed by atoms with Gasteiger partial charge in [-0.25, -0.2) is 0 Å². The summed E-state index contributed by atoms with van der Waals surface area (Å²) < 4.78 is 0. The molecule has 1 fully saturated rings. The van der Waals surface area contributed by atoms with Crippen LogP contribution in [0.4, 0.5) is 0 Å². The second-order valence-corrected chi connectivity index (χ2v) is 4.56. The van der Waals surface area contributed by atoms with Crippen molar-refractivity contribution in [2.75, 3.05) is 6.54 Å². The molecule has 0 aromatic carbocycles. The molecular formula is C9H19NO. The summed E-state index contributed by atoms with van der Waals surface area (Å²) in [6, 6.07) is 0.532.